The molecule has 2 saturated heterocycles. The van der Waals surface area contributed by atoms with E-state index in [1.54, 1.807) is 66.0 Å². The van der Waals surface area contributed by atoms with Crippen molar-refractivity contribution in [2.75, 3.05) is 55.7 Å². The minimum absolute atomic E-state index is 0.0511. The van der Waals surface area contributed by atoms with E-state index in [-0.39, 0.29) is 35.0 Å². The first kappa shape index (κ1) is 29.8. The number of morpholine rings is 1. The Morgan fingerprint density at radius 1 is 0.933 bits per heavy atom. The highest BCUT2D eigenvalue weighted by Gasteiger charge is 2.58. The van der Waals surface area contributed by atoms with Crippen LogP contribution in [0.1, 0.15) is 0 Å². The number of carbonyl (C=O) groups is 1. The van der Waals surface area contributed by atoms with Crippen LogP contribution >= 0.6 is 11.3 Å². The van der Waals surface area contributed by atoms with Gasteiger partial charge in [0.05, 0.1) is 29.5 Å². The van der Waals surface area contributed by atoms with E-state index in [0.717, 1.165) is 11.1 Å². The SMILES string of the molecule is O=C(Oc1cccs1)N(CC1C2CN(S(=O)(=O)c3ccc(-c4ccc(F)cc4)cc3)CC12)c1ccc(N2CCOCC2)c(F)c1. The van der Waals surface area contributed by atoms with E-state index in [1.165, 1.54) is 38.7 Å². The number of hydrogen-bond acceptors (Lipinski definition) is 7. The number of thiophene rings is 1. The first-order valence-corrected chi connectivity index (χ1v) is 17.1. The molecule has 3 fully saturated rings. The zero-order valence-electron chi connectivity index (χ0n) is 24.2. The van der Waals surface area contributed by atoms with Gasteiger partial charge in [-0.25, -0.2) is 22.0 Å². The van der Waals surface area contributed by atoms with Crippen LogP contribution in [-0.4, -0.2) is 64.8 Å². The van der Waals surface area contributed by atoms with Gasteiger partial charge in [-0.1, -0.05) is 24.3 Å². The van der Waals surface area contributed by atoms with E-state index in [1.807, 2.05) is 4.90 Å². The van der Waals surface area contributed by atoms with Crippen molar-refractivity contribution < 1.29 is 31.5 Å². The molecule has 4 aromatic rings. The van der Waals surface area contributed by atoms with Crippen LogP contribution in [0.2, 0.25) is 0 Å². The molecule has 45 heavy (non-hydrogen) atoms. The predicted molar refractivity (Wildman–Crippen MR) is 168 cm³/mol. The lowest BCUT2D eigenvalue weighted by molar-refractivity contribution is 0.122. The van der Waals surface area contributed by atoms with Gasteiger partial charge in [-0.05, 0) is 88.9 Å². The molecule has 0 bridgehead atoms. The zero-order chi connectivity index (χ0) is 31.1. The van der Waals surface area contributed by atoms with Crippen LogP contribution in [0.3, 0.4) is 0 Å². The monoisotopic (exact) mass is 651 g/mol. The largest absolute Gasteiger partial charge is 0.420 e. The summed E-state index contributed by atoms with van der Waals surface area (Å²) in [5, 5.41) is 2.24. The molecular formula is C33H31F2N3O5S2. The minimum atomic E-state index is -3.72. The van der Waals surface area contributed by atoms with Crippen molar-refractivity contribution in [3.05, 3.63) is 95.9 Å². The second-order valence-electron chi connectivity index (χ2n) is 11.5. The summed E-state index contributed by atoms with van der Waals surface area (Å²) in [5.41, 5.74) is 2.44. The predicted octanol–water partition coefficient (Wildman–Crippen LogP) is 6.10. The fourth-order valence-electron chi connectivity index (χ4n) is 6.37. The number of ether oxygens (including phenoxy) is 2. The second kappa shape index (κ2) is 12.2. The number of amides is 1. The summed E-state index contributed by atoms with van der Waals surface area (Å²) in [6.07, 6.45) is -0.605. The summed E-state index contributed by atoms with van der Waals surface area (Å²) in [6, 6.07) is 20.9. The number of nitrogens with zero attached hydrogens (tertiary/aromatic N) is 3. The molecule has 2 aliphatic heterocycles. The van der Waals surface area contributed by atoms with Crippen LogP contribution in [0.15, 0.2) is 89.1 Å². The van der Waals surface area contributed by atoms with Crippen LogP contribution in [0, 0.1) is 29.4 Å². The quantitative estimate of drug-likeness (QED) is 0.229. The summed E-state index contributed by atoms with van der Waals surface area (Å²) in [6.45, 7) is 3.20. The van der Waals surface area contributed by atoms with Crippen molar-refractivity contribution in [3.8, 4) is 16.2 Å². The third-order valence-electron chi connectivity index (χ3n) is 8.90. The van der Waals surface area contributed by atoms with Crippen LogP contribution in [0.4, 0.5) is 25.0 Å². The maximum Gasteiger partial charge on any atom is 0.420 e. The van der Waals surface area contributed by atoms with E-state index in [0.29, 0.717) is 55.8 Å². The molecule has 1 aliphatic carbocycles. The van der Waals surface area contributed by atoms with Crippen LogP contribution < -0.4 is 14.5 Å². The lowest BCUT2D eigenvalue weighted by atomic mass is 10.1. The fourth-order valence-corrected chi connectivity index (χ4v) is 8.45. The Bertz CT molecular complexity index is 1770. The van der Waals surface area contributed by atoms with Crippen molar-refractivity contribution in [1.82, 2.24) is 4.31 Å². The lowest BCUT2D eigenvalue weighted by Gasteiger charge is -2.30. The molecule has 12 heteroatoms. The number of anilines is 2. The van der Waals surface area contributed by atoms with E-state index < -0.39 is 21.9 Å². The Labute approximate surface area is 264 Å². The molecule has 3 aliphatic rings. The zero-order valence-corrected chi connectivity index (χ0v) is 25.9. The highest BCUT2D eigenvalue weighted by Crippen LogP contribution is 2.53. The number of benzene rings is 3. The van der Waals surface area contributed by atoms with Crippen LogP contribution in [0.5, 0.6) is 5.06 Å². The average Bonchev–Trinajstić information content (AvgIpc) is 3.39. The summed E-state index contributed by atoms with van der Waals surface area (Å²) in [5.74, 6) is -0.557. The van der Waals surface area contributed by atoms with Gasteiger partial charge in [0.2, 0.25) is 10.0 Å². The van der Waals surface area contributed by atoms with Gasteiger partial charge >= 0.3 is 6.09 Å². The molecule has 234 valence electrons. The summed E-state index contributed by atoms with van der Waals surface area (Å²) < 4.78 is 68.1. The van der Waals surface area contributed by atoms with E-state index in [9.17, 15) is 17.6 Å². The van der Waals surface area contributed by atoms with Crippen molar-refractivity contribution >= 4 is 38.8 Å². The van der Waals surface area contributed by atoms with E-state index >= 15 is 4.39 Å². The number of rotatable bonds is 8. The summed E-state index contributed by atoms with van der Waals surface area (Å²) >= 11 is 1.29. The van der Waals surface area contributed by atoms with Gasteiger partial charge in [0.15, 0.2) is 5.06 Å². The number of carbonyl (C=O) groups excluding carboxylic acids is 1. The Morgan fingerprint density at radius 2 is 1.60 bits per heavy atom. The van der Waals surface area contributed by atoms with Gasteiger partial charge in [0.1, 0.15) is 11.6 Å². The first-order chi connectivity index (χ1) is 21.8. The molecule has 0 radical (unpaired) electrons. The highest BCUT2D eigenvalue weighted by molar-refractivity contribution is 7.89. The van der Waals surface area contributed by atoms with Gasteiger partial charge in [0.25, 0.3) is 0 Å². The van der Waals surface area contributed by atoms with Gasteiger partial charge in [0, 0.05) is 32.7 Å². The Balaban J connectivity index is 1.04. The fraction of sp³-hybridized carbons (Fsp3) is 0.303. The number of hydrogen-bond donors (Lipinski definition) is 0. The third-order valence-corrected chi connectivity index (χ3v) is 11.5. The van der Waals surface area contributed by atoms with Gasteiger partial charge in [-0.3, -0.25) is 4.90 Å². The molecule has 0 spiro atoms. The van der Waals surface area contributed by atoms with Crippen LogP contribution in [0.25, 0.3) is 11.1 Å². The molecular weight excluding hydrogens is 621 g/mol. The highest BCUT2D eigenvalue weighted by atomic mass is 32.2. The van der Waals surface area contributed by atoms with Gasteiger partial charge < -0.3 is 14.4 Å². The molecule has 7 rings (SSSR count). The topological polar surface area (TPSA) is 79.4 Å². The normalized spacial score (nSPS) is 21.4. The Hall–Kier alpha value is -3.84. The maximum absolute atomic E-state index is 15.4. The van der Waals surface area contributed by atoms with Crippen molar-refractivity contribution in [1.29, 1.82) is 0 Å². The molecule has 1 aromatic heterocycles. The summed E-state index contributed by atoms with van der Waals surface area (Å²) in [4.78, 5) is 17.0. The van der Waals surface area contributed by atoms with Gasteiger partial charge in [-0.15, -0.1) is 11.3 Å². The molecule has 2 unspecified atom stereocenters. The third kappa shape index (κ3) is 6.07. The number of fused-ring (bicyclic) bond motifs is 1. The molecule has 1 amide bonds. The van der Waals surface area contributed by atoms with Crippen molar-refractivity contribution in [2.45, 2.75) is 4.90 Å². The number of halogens is 2. The molecule has 1 saturated carbocycles. The Kier molecular flexibility index (Phi) is 8.07. The number of sulfonamides is 1. The first-order valence-electron chi connectivity index (χ1n) is 14.8. The molecule has 8 nitrogen and oxygen atoms in total. The number of piperidine rings is 1. The van der Waals surface area contributed by atoms with Gasteiger partial charge in [-0.2, -0.15) is 4.31 Å². The second-order valence-corrected chi connectivity index (χ2v) is 14.3. The van der Waals surface area contributed by atoms with Crippen LogP contribution in [-0.2, 0) is 14.8 Å². The molecule has 0 N–H and O–H groups in total. The Morgan fingerprint density at radius 3 is 2.22 bits per heavy atom. The molecule has 3 aromatic carbocycles. The lowest BCUT2D eigenvalue weighted by Crippen LogP contribution is -2.38. The molecule has 3 heterocycles. The van der Waals surface area contributed by atoms with Crippen molar-refractivity contribution in [2.24, 2.45) is 17.8 Å². The molecule has 2 atom stereocenters. The maximum atomic E-state index is 15.4. The van der Waals surface area contributed by atoms with Crippen molar-refractivity contribution in [3.63, 3.8) is 0 Å². The average molecular weight is 652 g/mol. The standard InChI is InChI=1S/C33H31F2N3O5S2/c34-24-7-3-22(4-8-24)23-5-10-26(11-6-23)45(40,41)37-19-27-28(20-37)29(27)21-38(33(39)43-32-2-1-17-44-32)25-9-12-31(30(35)18-25)36-13-15-42-16-14-36/h1-12,17-18,27-29H,13-16,19-21H2. The minimum Gasteiger partial charge on any atom is -0.399 e. The van der Waals surface area contributed by atoms with E-state index in [4.69, 9.17) is 9.47 Å². The van der Waals surface area contributed by atoms with E-state index in [2.05, 4.69) is 0 Å². The summed E-state index contributed by atoms with van der Waals surface area (Å²) in [7, 11) is -3.72. The smallest absolute Gasteiger partial charge is 0.399 e.